The number of anilines is 1. The van der Waals surface area contributed by atoms with E-state index in [0.717, 1.165) is 18.4 Å². The number of hydrogen-bond donors (Lipinski definition) is 2. The highest BCUT2D eigenvalue weighted by Gasteiger charge is 2.32. The van der Waals surface area contributed by atoms with E-state index in [4.69, 9.17) is 5.73 Å². The van der Waals surface area contributed by atoms with E-state index in [1.807, 2.05) is 24.3 Å². The standard InChI is InChI=1S/C13H18N2O/c1-13(7-4-8-13)15-12(16)9-10-5-2-3-6-11(10)14/h2-3,5-6H,4,7-9,14H2,1H3,(H,15,16). The van der Waals surface area contributed by atoms with Crippen LogP contribution in [0.25, 0.3) is 0 Å². The van der Waals surface area contributed by atoms with Gasteiger partial charge in [-0.1, -0.05) is 18.2 Å². The molecule has 86 valence electrons. The first-order valence-corrected chi connectivity index (χ1v) is 5.73. The van der Waals surface area contributed by atoms with Crippen LogP contribution < -0.4 is 11.1 Å². The lowest BCUT2D eigenvalue weighted by Gasteiger charge is -2.39. The summed E-state index contributed by atoms with van der Waals surface area (Å²) in [6.07, 6.45) is 3.76. The summed E-state index contributed by atoms with van der Waals surface area (Å²) in [5.41, 5.74) is 7.42. The highest BCUT2D eigenvalue weighted by Crippen LogP contribution is 2.30. The summed E-state index contributed by atoms with van der Waals surface area (Å²) < 4.78 is 0. The summed E-state index contributed by atoms with van der Waals surface area (Å²) in [6, 6.07) is 7.51. The van der Waals surface area contributed by atoms with Gasteiger partial charge in [-0.3, -0.25) is 4.79 Å². The van der Waals surface area contributed by atoms with Gasteiger partial charge in [0, 0.05) is 11.2 Å². The predicted molar refractivity (Wildman–Crippen MR) is 65.0 cm³/mol. The SMILES string of the molecule is CC1(NC(=O)Cc2ccccc2N)CCC1. The maximum Gasteiger partial charge on any atom is 0.224 e. The van der Waals surface area contributed by atoms with Crippen molar-refractivity contribution in [1.29, 1.82) is 0 Å². The Kier molecular flexibility index (Phi) is 2.86. The first-order valence-electron chi connectivity index (χ1n) is 5.73. The van der Waals surface area contributed by atoms with Crippen molar-refractivity contribution in [2.45, 2.75) is 38.1 Å². The van der Waals surface area contributed by atoms with E-state index in [-0.39, 0.29) is 11.4 Å². The van der Waals surface area contributed by atoms with Crippen LogP contribution in [0.15, 0.2) is 24.3 Å². The van der Waals surface area contributed by atoms with Crippen LogP contribution >= 0.6 is 0 Å². The van der Waals surface area contributed by atoms with E-state index in [1.165, 1.54) is 6.42 Å². The van der Waals surface area contributed by atoms with Crippen molar-refractivity contribution >= 4 is 11.6 Å². The largest absolute Gasteiger partial charge is 0.398 e. The Morgan fingerprint density at radius 1 is 1.44 bits per heavy atom. The summed E-state index contributed by atoms with van der Waals surface area (Å²) in [7, 11) is 0. The Hall–Kier alpha value is -1.51. The number of carbonyl (C=O) groups is 1. The fourth-order valence-electron chi connectivity index (χ4n) is 2.08. The number of nitrogen functional groups attached to an aromatic ring is 1. The van der Waals surface area contributed by atoms with Gasteiger partial charge in [0.25, 0.3) is 0 Å². The molecule has 1 aromatic rings. The van der Waals surface area contributed by atoms with Crippen LogP contribution in [0, 0.1) is 0 Å². The Bertz CT molecular complexity index is 397. The minimum atomic E-state index is 0.0284. The fourth-order valence-corrected chi connectivity index (χ4v) is 2.08. The minimum absolute atomic E-state index is 0.0284. The lowest BCUT2D eigenvalue weighted by atomic mass is 9.78. The second kappa shape index (κ2) is 4.16. The normalized spacial score (nSPS) is 17.6. The van der Waals surface area contributed by atoms with Crippen molar-refractivity contribution < 1.29 is 4.79 Å². The number of para-hydroxylation sites is 1. The number of nitrogens with one attached hydrogen (secondary N) is 1. The number of nitrogens with two attached hydrogens (primary N) is 1. The number of benzene rings is 1. The second-order valence-electron chi connectivity index (χ2n) is 4.84. The molecule has 3 N–H and O–H groups in total. The molecule has 2 rings (SSSR count). The first kappa shape index (κ1) is 11.0. The van der Waals surface area contributed by atoms with Crippen LogP contribution in [0.2, 0.25) is 0 Å². The molecular formula is C13H18N2O. The maximum atomic E-state index is 11.8. The molecular weight excluding hydrogens is 200 g/mol. The molecule has 1 saturated carbocycles. The smallest absolute Gasteiger partial charge is 0.224 e. The zero-order chi connectivity index (χ0) is 11.6. The van der Waals surface area contributed by atoms with Gasteiger partial charge in [0.1, 0.15) is 0 Å². The van der Waals surface area contributed by atoms with Crippen LogP contribution in [0.5, 0.6) is 0 Å². The van der Waals surface area contributed by atoms with Crippen molar-refractivity contribution in [3.05, 3.63) is 29.8 Å². The molecule has 1 aliphatic rings. The summed E-state index contributed by atoms with van der Waals surface area (Å²) in [6.45, 7) is 2.10. The average Bonchev–Trinajstić information content (AvgIpc) is 2.19. The topological polar surface area (TPSA) is 55.1 Å². The van der Waals surface area contributed by atoms with Gasteiger partial charge in [0.15, 0.2) is 0 Å². The molecule has 1 aromatic carbocycles. The highest BCUT2D eigenvalue weighted by atomic mass is 16.1. The molecule has 3 nitrogen and oxygen atoms in total. The molecule has 0 aliphatic heterocycles. The third-order valence-electron chi connectivity index (χ3n) is 3.30. The summed E-state index contributed by atoms with van der Waals surface area (Å²) >= 11 is 0. The zero-order valence-electron chi connectivity index (χ0n) is 9.62. The van der Waals surface area contributed by atoms with E-state index < -0.39 is 0 Å². The Morgan fingerprint density at radius 2 is 2.12 bits per heavy atom. The van der Waals surface area contributed by atoms with E-state index >= 15 is 0 Å². The van der Waals surface area contributed by atoms with Crippen molar-refractivity contribution in [3.8, 4) is 0 Å². The van der Waals surface area contributed by atoms with Crippen LogP contribution in [-0.2, 0) is 11.2 Å². The quantitative estimate of drug-likeness (QED) is 0.761. The molecule has 1 amide bonds. The highest BCUT2D eigenvalue weighted by molar-refractivity contribution is 5.81. The number of carbonyl (C=O) groups excluding carboxylic acids is 1. The van der Waals surface area contributed by atoms with Crippen LogP contribution in [-0.4, -0.2) is 11.4 Å². The molecule has 0 spiro atoms. The second-order valence-corrected chi connectivity index (χ2v) is 4.84. The summed E-state index contributed by atoms with van der Waals surface area (Å²) in [4.78, 5) is 11.8. The van der Waals surface area contributed by atoms with Crippen LogP contribution in [0.1, 0.15) is 31.7 Å². The van der Waals surface area contributed by atoms with Gasteiger partial charge < -0.3 is 11.1 Å². The van der Waals surface area contributed by atoms with Crippen molar-refractivity contribution in [3.63, 3.8) is 0 Å². The summed E-state index contributed by atoms with van der Waals surface area (Å²) in [5, 5.41) is 3.07. The molecule has 0 bridgehead atoms. The third-order valence-corrected chi connectivity index (χ3v) is 3.30. The molecule has 0 atom stereocenters. The van der Waals surface area contributed by atoms with Gasteiger partial charge in [-0.25, -0.2) is 0 Å². The molecule has 0 radical (unpaired) electrons. The molecule has 0 aromatic heterocycles. The monoisotopic (exact) mass is 218 g/mol. The van der Waals surface area contributed by atoms with Crippen LogP contribution in [0.3, 0.4) is 0 Å². The van der Waals surface area contributed by atoms with E-state index in [9.17, 15) is 4.79 Å². The van der Waals surface area contributed by atoms with E-state index in [0.29, 0.717) is 12.1 Å². The average molecular weight is 218 g/mol. The minimum Gasteiger partial charge on any atom is -0.398 e. The number of amides is 1. The number of hydrogen-bond acceptors (Lipinski definition) is 2. The Labute approximate surface area is 96.0 Å². The van der Waals surface area contributed by atoms with Gasteiger partial charge in [-0.05, 0) is 37.8 Å². The van der Waals surface area contributed by atoms with Crippen LogP contribution in [0.4, 0.5) is 5.69 Å². The third kappa shape index (κ3) is 2.35. The lowest BCUT2D eigenvalue weighted by molar-refractivity contribution is -0.123. The van der Waals surface area contributed by atoms with Gasteiger partial charge in [0.2, 0.25) is 5.91 Å². The molecule has 0 heterocycles. The molecule has 0 unspecified atom stereocenters. The maximum absolute atomic E-state index is 11.8. The lowest BCUT2D eigenvalue weighted by Crippen LogP contribution is -2.51. The Balaban J connectivity index is 1.95. The van der Waals surface area contributed by atoms with E-state index in [1.54, 1.807) is 0 Å². The van der Waals surface area contributed by atoms with Gasteiger partial charge >= 0.3 is 0 Å². The Morgan fingerprint density at radius 3 is 2.69 bits per heavy atom. The summed E-state index contributed by atoms with van der Waals surface area (Å²) in [5.74, 6) is 0.0695. The van der Waals surface area contributed by atoms with Gasteiger partial charge in [-0.2, -0.15) is 0 Å². The number of rotatable bonds is 3. The zero-order valence-corrected chi connectivity index (χ0v) is 9.62. The fraction of sp³-hybridized carbons (Fsp3) is 0.462. The molecule has 1 fully saturated rings. The molecule has 1 aliphatic carbocycles. The van der Waals surface area contributed by atoms with Crippen molar-refractivity contribution in [1.82, 2.24) is 5.32 Å². The molecule has 0 saturated heterocycles. The first-order chi connectivity index (χ1) is 7.59. The van der Waals surface area contributed by atoms with E-state index in [2.05, 4.69) is 12.2 Å². The molecule has 3 heteroatoms. The van der Waals surface area contributed by atoms with Gasteiger partial charge in [0.05, 0.1) is 6.42 Å². The molecule has 16 heavy (non-hydrogen) atoms. The van der Waals surface area contributed by atoms with Crippen molar-refractivity contribution in [2.75, 3.05) is 5.73 Å². The van der Waals surface area contributed by atoms with Crippen molar-refractivity contribution in [2.24, 2.45) is 0 Å². The van der Waals surface area contributed by atoms with Gasteiger partial charge in [-0.15, -0.1) is 0 Å². The predicted octanol–water partition coefficient (Wildman–Crippen LogP) is 1.87.